The number of sulfonamides is 1. The van der Waals surface area contributed by atoms with Gasteiger partial charge < -0.3 is 9.63 Å². The number of aliphatic carboxylic acids is 1. The second-order valence-electron chi connectivity index (χ2n) is 4.70. The van der Waals surface area contributed by atoms with Gasteiger partial charge in [0.2, 0.25) is 10.0 Å². The Morgan fingerprint density at radius 1 is 1.53 bits per heavy atom. The van der Waals surface area contributed by atoms with E-state index in [2.05, 4.69) is 5.16 Å². The molecule has 106 valence electrons. The molecule has 1 aliphatic rings. The average molecular weight is 288 g/mol. The first-order chi connectivity index (χ1) is 8.88. The number of aromatic nitrogens is 1. The van der Waals surface area contributed by atoms with Gasteiger partial charge in [-0.25, -0.2) is 12.7 Å². The molecule has 7 nitrogen and oxygen atoms in total. The van der Waals surface area contributed by atoms with E-state index >= 15 is 0 Å². The Labute approximate surface area is 111 Å². The monoisotopic (exact) mass is 288 g/mol. The first kappa shape index (κ1) is 14.0. The standard InChI is InChI=1S/C11H16N2O5S/c1-8-6-10(18-12-8)7-19(16,17)13-4-2-9(3-5-13)11(14)15/h6,9H,2-5,7H2,1H3,(H,14,15). The van der Waals surface area contributed by atoms with E-state index in [1.54, 1.807) is 13.0 Å². The van der Waals surface area contributed by atoms with Crippen LogP contribution in [0.5, 0.6) is 0 Å². The molecule has 0 aliphatic carbocycles. The molecular weight excluding hydrogens is 272 g/mol. The zero-order valence-corrected chi connectivity index (χ0v) is 11.4. The van der Waals surface area contributed by atoms with Crippen molar-refractivity contribution in [3.05, 3.63) is 17.5 Å². The van der Waals surface area contributed by atoms with Crippen molar-refractivity contribution in [2.24, 2.45) is 5.92 Å². The molecule has 19 heavy (non-hydrogen) atoms. The van der Waals surface area contributed by atoms with E-state index in [0.717, 1.165) is 0 Å². The number of carbonyl (C=O) groups is 1. The molecule has 1 fully saturated rings. The maximum absolute atomic E-state index is 12.1. The Kier molecular flexibility index (Phi) is 3.91. The SMILES string of the molecule is Cc1cc(CS(=O)(=O)N2CCC(C(=O)O)CC2)on1. The molecule has 0 amide bonds. The Morgan fingerprint density at radius 2 is 2.16 bits per heavy atom. The third-order valence-corrected chi connectivity index (χ3v) is 5.00. The molecule has 1 N–H and O–H groups in total. The largest absolute Gasteiger partial charge is 0.481 e. The van der Waals surface area contributed by atoms with E-state index in [4.69, 9.17) is 9.63 Å². The summed E-state index contributed by atoms with van der Waals surface area (Å²) in [4.78, 5) is 10.8. The molecule has 1 aliphatic heterocycles. The quantitative estimate of drug-likeness (QED) is 0.871. The fraction of sp³-hybridized carbons (Fsp3) is 0.636. The lowest BCUT2D eigenvalue weighted by molar-refractivity contribution is -0.142. The number of hydrogen-bond acceptors (Lipinski definition) is 5. The molecular formula is C11H16N2O5S. The van der Waals surface area contributed by atoms with Crippen LogP contribution in [0.3, 0.4) is 0 Å². The highest BCUT2D eigenvalue weighted by molar-refractivity contribution is 7.88. The fourth-order valence-electron chi connectivity index (χ4n) is 2.14. The Morgan fingerprint density at radius 3 is 2.63 bits per heavy atom. The number of rotatable bonds is 4. The van der Waals surface area contributed by atoms with E-state index in [1.807, 2.05) is 0 Å². The third kappa shape index (κ3) is 3.32. The molecule has 1 aromatic rings. The summed E-state index contributed by atoms with van der Waals surface area (Å²) in [5.41, 5.74) is 0.634. The summed E-state index contributed by atoms with van der Waals surface area (Å²) in [6.45, 7) is 2.21. The molecule has 2 heterocycles. The number of nitrogens with zero attached hydrogens (tertiary/aromatic N) is 2. The summed E-state index contributed by atoms with van der Waals surface area (Å²) in [5.74, 6) is -1.23. The van der Waals surface area contributed by atoms with Gasteiger partial charge in [-0.2, -0.15) is 0 Å². The summed E-state index contributed by atoms with van der Waals surface area (Å²) in [6.07, 6.45) is 0.702. The predicted octanol–water partition coefficient (Wildman–Crippen LogP) is 0.609. The highest BCUT2D eigenvalue weighted by atomic mass is 32.2. The predicted molar refractivity (Wildman–Crippen MR) is 65.8 cm³/mol. The Hall–Kier alpha value is -1.41. The van der Waals surface area contributed by atoms with Gasteiger partial charge in [0.05, 0.1) is 11.6 Å². The maximum Gasteiger partial charge on any atom is 0.306 e. The molecule has 0 aromatic carbocycles. The van der Waals surface area contributed by atoms with Crippen molar-refractivity contribution in [3.8, 4) is 0 Å². The molecule has 1 aromatic heterocycles. The molecule has 0 radical (unpaired) electrons. The van der Waals surface area contributed by atoms with E-state index in [9.17, 15) is 13.2 Å². The van der Waals surface area contributed by atoms with Crippen molar-refractivity contribution in [1.29, 1.82) is 0 Å². The summed E-state index contributed by atoms with van der Waals surface area (Å²) in [5, 5.41) is 12.5. The van der Waals surface area contributed by atoms with Crippen molar-refractivity contribution in [3.63, 3.8) is 0 Å². The topological polar surface area (TPSA) is 101 Å². The van der Waals surface area contributed by atoms with Gasteiger partial charge in [-0.1, -0.05) is 5.16 Å². The molecule has 2 rings (SSSR count). The number of carboxylic acids is 1. The van der Waals surface area contributed by atoms with Crippen molar-refractivity contribution in [1.82, 2.24) is 9.46 Å². The zero-order chi connectivity index (χ0) is 14.0. The van der Waals surface area contributed by atoms with Crippen LogP contribution in [0.2, 0.25) is 0 Å². The van der Waals surface area contributed by atoms with Crippen LogP contribution in [0.25, 0.3) is 0 Å². The van der Waals surface area contributed by atoms with Gasteiger partial charge in [-0.15, -0.1) is 0 Å². The summed E-state index contributed by atoms with van der Waals surface area (Å²) in [6, 6.07) is 1.58. The van der Waals surface area contributed by atoms with Crippen LogP contribution < -0.4 is 0 Å². The lowest BCUT2D eigenvalue weighted by Crippen LogP contribution is -2.40. The number of carboxylic acid groups (broad SMARTS) is 1. The van der Waals surface area contributed by atoms with Crippen molar-refractivity contribution >= 4 is 16.0 Å². The number of piperidine rings is 1. The van der Waals surface area contributed by atoms with Gasteiger partial charge in [0, 0.05) is 19.2 Å². The molecule has 0 saturated carbocycles. The van der Waals surface area contributed by atoms with Crippen LogP contribution in [-0.4, -0.2) is 42.0 Å². The minimum absolute atomic E-state index is 0.231. The second-order valence-corrected chi connectivity index (χ2v) is 6.67. The normalized spacial score (nSPS) is 18.6. The molecule has 1 saturated heterocycles. The first-order valence-corrected chi connectivity index (χ1v) is 7.62. The maximum atomic E-state index is 12.1. The molecule has 0 atom stereocenters. The lowest BCUT2D eigenvalue weighted by Gasteiger charge is -2.28. The molecule has 0 unspecified atom stereocenters. The summed E-state index contributed by atoms with van der Waals surface area (Å²) in [7, 11) is -3.47. The minimum Gasteiger partial charge on any atom is -0.481 e. The zero-order valence-electron chi connectivity index (χ0n) is 10.6. The number of aryl methyl sites for hydroxylation is 1. The van der Waals surface area contributed by atoms with Gasteiger partial charge in [0.1, 0.15) is 5.75 Å². The molecule has 8 heteroatoms. The van der Waals surface area contributed by atoms with Crippen LogP contribution in [0.4, 0.5) is 0 Å². The average Bonchev–Trinajstić information content (AvgIpc) is 2.74. The van der Waals surface area contributed by atoms with E-state index in [-0.39, 0.29) is 18.8 Å². The lowest BCUT2D eigenvalue weighted by atomic mass is 9.99. The van der Waals surface area contributed by atoms with Gasteiger partial charge in [0.25, 0.3) is 0 Å². The van der Waals surface area contributed by atoms with Crippen molar-refractivity contribution < 1.29 is 22.8 Å². The van der Waals surface area contributed by atoms with E-state index < -0.39 is 21.9 Å². The third-order valence-electron chi connectivity index (χ3n) is 3.20. The Balaban J connectivity index is 1.99. The first-order valence-electron chi connectivity index (χ1n) is 6.01. The highest BCUT2D eigenvalue weighted by Gasteiger charge is 2.31. The van der Waals surface area contributed by atoms with Crippen LogP contribution in [0.1, 0.15) is 24.3 Å². The van der Waals surface area contributed by atoms with Crippen LogP contribution in [0, 0.1) is 12.8 Å². The van der Waals surface area contributed by atoms with Gasteiger partial charge in [-0.3, -0.25) is 4.79 Å². The molecule has 0 spiro atoms. The van der Waals surface area contributed by atoms with Gasteiger partial charge >= 0.3 is 5.97 Å². The number of hydrogen-bond donors (Lipinski definition) is 1. The van der Waals surface area contributed by atoms with Crippen LogP contribution >= 0.6 is 0 Å². The van der Waals surface area contributed by atoms with Crippen LogP contribution in [0.15, 0.2) is 10.6 Å². The van der Waals surface area contributed by atoms with E-state index in [1.165, 1.54) is 4.31 Å². The summed E-state index contributed by atoms with van der Waals surface area (Å²) >= 11 is 0. The van der Waals surface area contributed by atoms with Crippen molar-refractivity contribution in [2.75, 3.05) is 13.1 Å². The van der Waals surface area contributed by atoms with Gasteiger partial charge in [-0.05, 0) is 19.8 Å². The van der Waals surface area contributed by atoms with E-state index in [0.29, 0.717) is 24.3 Å². The second kappa shape index (κ2) is 5.30. The smallest absolute Gasteiger partial charge is 0.306 e. The molecule has 0 bridgehead atoms. The van der Waals surface area contributed by atoms with Crippen molar-refractivity contribution in [2.45, 2.75) is 25.5 Å². The van der Waals surface area contributed by atoms with Crippen LogP contribution in [-0.2, 0) is 20.6 Å². The fourth-order valence-corrected chi connectivity index (χ4v) is 3.58. The highest BCUT2D eigenvalue weighted by Crippen LogP contribution is 2.21. The summed E-state index contributed by atoms with van der Waals surface area (Å²) < 4.78 is 30.5. The Bertz CT molecular complexity index is 557. The van der Waals surface area contributed by atoms with Gasteiger partial charge in [0.15, 0.2) is 5.76 Å². The minimum atomic E-state index is -3.47.